The van der Waals surface area contributed by atoms with Crippen LogP contribution < -0.4 is 5.11 Å². The predicted octanol–water partition coefficient (Wildman–Crippen LogP) is 2.52. The van der Waals surface area contributed by atoms with Gasteiger partial charge in [0.15, 0.2) is 4.96 Å². The lowest BCUT2D eigenvalue weighted by Gasteiger charge is -2.14. The number of carbonyl (C=O) groups excluding carboxylic acids is 1. The minimum Gasteiger partial charge on any atom is -0.549 e. The van der Waals surface area contributed by atoms with Crippen LogP contribution in [0, 0.1) is 6.92 Å². The predicted molar refractivity (Wildman–Crippen MR) is 80.6 cm³/mol. The molecule has 2 heterocycles. The second-order valence-electron chi connectivity index (χ2n) is 4.55. The monoisotopic (exact) mass is 309 g/mol. The Bertz CT molecular complexity index is 778. The first-order valence-electron chi connectivity index (χ1n) is 6.20. The lowest BCUT2D eigenvalue weighted by atomic mass is 10.0. The van der Waals surface area contributed by atoms with Crippen LogP contribution in [-0.4, -0.2) is 15.4 Å². The third kappa shape index (κ3) is 2.07. The van der Waals surface area contributed by atoms with E-state index in [1.807, 2.05) is 42.5 Å². The van der Waals surface area contributed by atoms with Crippen molar-refractivity contribution >= 4 is 45.7 Å². The van der Waals surface area contributed by atoms with Gasteiger partial charge in [0, 0.05) is 22.5 Å². The highest BCUT2D eigenvalue weighted by Gasteiger charge is 2.20. The molecule has 2 aromatic heterocycles. The van der Waals surface area contributed by atoms with Crippen LogP contribution in [0.1, 0.15) is 29.8 Å². The van der Waals surface area contributed by atoms with Gasteiger partial charge in [-0.05, 0) is 25.5 Å². The molecule has 0 aliphatic rings. The summed E-state index contributed by atoms with van der Waals surface area (Å²) in [6.45, 7) is 3.80. The second-order valence-corrected chi connectivity index (χ2v) is 5.56. The quantitative estimate of drug-likeness (QED) is 0.747. The molecule has 4 nitrogen and oxygen atoms in total. The van der Waals surface area contributed by atoms with Gasteiger partial charge in [0.1, 0.15) is 0 Å². The van der Waals surface area contributed by atoms with Crippen LogP contribution in [0.25, 0.3) is 16.0 Å². The number of carbonyl (C=O) groups is 1. The summed E-state index contributed by atoms with van der Waals surface area (Å²) in [4.78, 5) is 17.4. The van der Waals surface area contributed by atoms with Crippen LogP contribution in [0.4, 0.5) is 0 Å². The molecule has 1 aromatic carbocycles. The summed E-state index contributed by atoms with van der Waals surface area (Å²) in [6, 6.07) is 7.87. The Morgan fingerprint density at radius 3 is 2.80 bits per heavy atom. The van der Waals surface area contributed by atoms with Crippen molar-refractivity contribution in [2.75, 3.05) is 0 Å². The first-order valence-corrected chi connectivity index (χ1v) is 7.02. The Kier molecular flexibility index (Phi) is 4.01. The average Bonchev–Trinajstić information content (AvgIpc) is 2.88. The van der Waals surface area contributed by atoms with E-state index in [4.69, 9.17) is 0 Å². The normalized spacial score (nSPS) is 12.5. The van der Waals surface area contributed by atoms with Gasteiger partial charge in [0.25, 0.3) is 0 Å². The van der Waals surface area contributed by atoms with E-state index in [9.17, 15) is 9.90 Å². The van der Waals surface area contributed by atoms with Crippen molar-refractivity contribution in [2.24, 2.45) is 0 Å². The molecule has 3 aromatic rings. The van der Waals surface area contributed by atoms with E-state index >= 15 is 0 Å². The molecule has 6 heteroatoms. The van der Waals surface area contributed by atoms with Crippen LogP contribution in [0.3, 0.4) is 0 Å². The number of aryl methyl sites for hydroxylation is 1. The van der Waals surface area contributed by atoms with Gasteiger partial charge in [-0.1, -0.05) is 19.1 Å². The summed E-state index contributed by atoms with van der Waals surface area (Å²) in [7, 11) is 0. The first kappa shape index (κ1) is 14.8. The maximum Gasteiger partial charge on any atom is 0.195 e. The number of aromatic nitrogens is 2. The Balaban J connectivity index is 0.00000147. The first-order chi connectivity index (χ1) is 9.13. The summed E-state index contributed by atoms with van der Waals surface area (Å²) in [6.07, 6.45) is 0.533. The molecule has 0 saturated carbocycles. The topological polar surface area (TPSA) is 57.4 Å². The molecule has 0 aliphatic carbocycles. The Hall–Kier alpha value is -1.59. The van der Waals surface area contributed by atoms with Gasteiger partial charge in [0.05, 0.1) is 11.0 Å². The molecule has 0 bridgehead atoms. The number of nitrogens with zero attached hydrogens (tertiary/aromatic N) is 2. The summed E-state index contributed by atoms with van der Waals surface area (Å²) in [5.41, 5.74) is 2.90. The number of halogens is 1. The lowest BCUT2D eigenvalue weighted by Crippen LogP contribution is -2.29. The number of aliphatic carboxylic acids is 1. The summed E-state index contributed by atoms with van der Waals surface area (Å²) >= 11 is 1.44. The molecule has 0 amide bonds. The summed E-state index contributed by atoms with van der Waals surface area (Å²) in [5, 5.41) is 11.2. The highest BCUT2D eigenvalue weighted by molar-refractivity contribution is 7.17. The number of hydrogen-bond donors (Lipinski definition) is 0. The number of imidazole rings is 1. The van der Waals surface area contributed by atoms with E-state index in [1.165, 1.54) is 11.3 Å². The van der Waals surface area contributed by atoms with Gasteiger partial charge in [-0.15, -0.1) is 23.7 Å². The molecule has 1 atom stereocenters. The fraction of sp³-hybridized carbons (Fsp3) is 0.286. The second kappa shape index (κ2) is 5.42. The molecule has 0 saturated heterocycles. The highest BCUT2D eigenvalue weighted by atomic mass is 35.5. The zero-order valence-corrected chi connectivity index (χ0v) is 12.8. The van der Waals surface area contributed by atoms with E-state index in [2.05, 4.69) is 4.98 Å². The Morgan fingerprint density at radius 2 is 2.15 bits per heavy atom. The zero-order chi connectivity index (χ0) is 13.6. The number of fused-ring (bicyclic) bond motifs is 3. The Morgan fingerprint density at radius 1 is 1.45 bits per heavy atom. The molecule has 0 N–H and O–H groups in total. The molecule has 20 heavy (non-hydrogen) atoms. The Labute approximate surface area is 126 Å². The van der Waals surface area contributed by atoms with Gasteiger partial charge in [-0.25, -0.2) is 4.98 Å². The van der Waals surface area contributed by atoms with Gasteiger partial charge >= 0.3 is 0 Å². The number of carboxylic acids is 1. The van der Waals surface area contributed by atoms with Crippen molar-refractivity contribution in [1.29, 1.82) is 0 Å². The fourth-order valence-electron chi connectivity index (χ4n) is 2.46. The standard InChI is InChI=1S/C14H14N2O2S.ClH/c1-3-9(13(17)18)12-8(2)16-11-7-5-4-6-10(11)15-14(16)19-12;/h4-7,9H,3H2,1-2H3,(H,17,18);1H/p-1. The van der Waals surface area contributed by atoms with Crippen LogP contribution in [0.15, 0.2) is 24.3 Å². The van der Waals surface area contributed by atoms with E-state index < -0.39 is 11.9 Å². The molecule has 106 valence electrons. The third-order valence-corrected chi connectivity index (χ3v) is 4.69. The average molecular weight is 310 g/mol. The maximum absolute atomic E-state index is 11.2. The molecule has 0 radical (unpaired) electrons. The van der Waals surface area contributed by atoms with Crippen molar-refractivity contribution in [3.8, 4) is 0 Å². The van der Waals surface area contributed by atoms with Crippen LogP contribution in [0.5, 0.6) is 0 Å². The molecule has 3 rings (SSSR count). The van der Waals surface area contributed by atoms with Crippen LogP contribution in [-0.2, 0) is 4.79 Å². The number of hydrogen-bond acceptors (Lipinski definition) is 4. The van der Waals surface area contributed by atoms with E-state index in [1.54, 1.807) is 0 Å². The molecule has 0 aliphatic heterocycles. The van der Waals surface area contributed by atoms with E-state index in [-0.39, 0.29) is 12.4 Å². The van der Waals surface area contributed by atoms with Gasteiger partial charge in [-0.3, -0.25) is 4.40 Å². The summed E-state index contributed by atoms with van der Waals surface area (Å²) in [5.74, 6) is -1.56. The van der Waals surface area contributed by atoms with Crippen LogP contribution >= 0.6 is 23.7 Å². The number of benzene rings is 1. The van der Waals surface area contributed by atoms with Crippen molar-refractivity contribution < 1.29 is 9.90 Å². The van der Waals surface area contributed by atoms with Gasteiger partial charge in [-0.2, -0.15) is 0 Å². The molecule has 0 spiro atoms. The zero-order valence-electron chi connectivity index (χ0n) is 11.1. The largest absolute Gasteiger partial charge is 0.549 e. The SMILES string of the molecule is CCC(C(=O)[O-])c1sc2nc3ccccc3n2c1C.Cl. The van der Waals surface area contributed by atoms with Crippen LogP contribution in [0.2, 0.25) is 0 Å². The van der Waals surface area contributed by atoms with E-state index in [0.717, 1.165) is 26.6 Å². The van der Waals surface area contributed by atoms with Gasteiger partial charge in [0.2, 0.25) is 0 Å². The maximum atomic E-state index is 11.2. The highest BCUT2D eigenvalue weighted by Crippen LogP contribution is 2.33. The summed E-state index contributed by atoms with van der Waals surface area (Å²) < 4.78 is 2.03. The van der Waals surface area contributed by atoms with Gasteiger partial charge < -0.3 is 9.90 Å². The minimum atomic E-state index is -1.01. The number of carboxylic acid groups (broad SMARTS) is 1. The van der Waals surface area contributed by atoms with Crippen molar-refractivity contribution in [1.82, 2.24) is 9.38 Å². The molecular formula is C14H14ClN2O2S-. The number of thiazole rings is 1. The smallest absolute Gasteiger partial charge is 0.195 e. The van der Waals surface area contributed by atoms with Crippen molar-refractivity contribution in [3.05, 3.63) is 34.8 Å². The van der Waals surface area contributed by atoms with Crippen molar-refractivity contribution in [2.45, 2.75) is 26.2 Å². The molecule has 0 fully saturated rings. The number of rotatable bonds is 3. The third-order valence-electron chi connectivity index (χ3n) is 3.43. The minimum absolute atomic E-state index is 0. The number of para-hydroxylation sites is 2. The fourth-order valence-corrected chi connectivity index (χ4v) is 3.77. The molecular weight excluding hydrogens is 296 g/mol. The van der Waals surface area contributed by atoms with Crippen molar-refractivity contribution in [3.63, 3.8) is 0 Å². The molecule has 1 unspecified atom stereocenters. The lowest BCUT2D eigenvalue weighted by molar-refractivity contribution is -0.308. The van der Waals surface area contributed by atoms with E-state index in [0.29, 0.717) is 6.42 Å².